The fraction of sp³-hybridized carbons (Fsp3) is 0.0952. The van der Waals surface area contributed by atoms with E-state index in [1.807, 2.05) is 61.5 Å². The summed E-state index contributed by atoms with van der Waals surface area (Å²) >= 11 is 18.5. The van der Waals surface area contributed by atoms with Crippen LogP contribution in [0.2, 0.25) is 15.1 Å². The van der Waals surface area contributed by atoms with E-state index >= 15 is 0 Å². The predicted molar refractivity (Wildman–Crippen MR) is 110 cm³/mol. The molecule has 26 heavy (non-hydrogen) atoms. The second-order valence-electron chi connectivity index (χ2n) is 5.69. The first-order chi connectivity index (χ1) is 12.5. The van der Waals surface area contributed by atoms with Crippen molar-refractivity contribution in [2.45, 2.75) is 13.0 Å². The summed E-state index contributed by atoms with van der Waals surface area (Å²) in [7, 11) is 0. The maximum absolute atomic E-state index is 6.28. The third-order valence-electron chi connectivity index (χ3n) is 3.79. The smallest absolute Gasteiger partial charge is 0.136 e. The highest BCUT2D eigenvalue weighted by molar-refractivity contribution is 6.39. The van der Waals surface area contributed by atoms with Crippen molar-refractivity contribution in [2.24, 2.45) is 4.99 Å². The maximum Gasteiger partial charge on any atom is 0.136 e. The van der Waals surface area contributed by atoms with Crippen LogP contribution in [-0.2, 0) is 0 Å². The van der Waals surface area contributed by atoms with Crippen molar-refractivity contribution in [3.05, 3.63) is 92.9 Å². The SMILES string of the molecule is CC(/N=C/c1ccccc1Oc1ccccc1)c1c(Cl)cc(Cl)cc1Cl. The van der Waals surface area contributed by atoms with Crippen molar-refractivity contribution in [1.29, 1.82) is 0 Å². The number of ether oxygens (including phenoxy) is 1. The number of rotatable bonds is 5. The van der Waals surface area contributed by atoms with Gasteiger partial charge >= 0.3 is 0 Å². The van der Waals surface area contributed by atoms with E-state index in [0.29, 0.717) is 15.1 Å². The monoisotopic (exact) mass is 403 g/mol. The lowest BCUT2D eigenvalue weighted by atomic mass is 10.1. The van der Waals surface area contributed by atoms with Gasteiger partial charge in [0.25, 0.3) is 0 Å². The zero-order chi connectivity index (χ0) is 18.5. The van der Waals surface area contributed by atoms with E-state index in [-0.39, 0.29) is 6.04 Å². The first kappa shape index (κ1) is 18.8. The van der Waals surface area contributed by atoms with E-state index in [0.717, 1.165) is 22.6 Å². The molecule has 0 N–H and O–H groups in total. The summed E-state index contributed by atoms with van der Waals surface area (Å²) in [5, 5.41) is 1.50. The molecule has 0 bridgehead atoms. The minimum Gasteiger partial charge on any atom is -0.457 e. The summed E-state index contributed by atoms with van der Waals surface area (Å²) in [5.74, 6) is 1.49. The Hall–Kier alpha value is -2.00. The Morgan fingerprint density at radius 3 is 2.19 bits per heavy atom. The van der Waals surface area contributed by atoms with E-state index in [9.17, 15) is 0 Å². The average Bonchev–Trinajstić information content (AvgIpc) is 2.61. The number of halogens is 3. The molecule has 3 aromatic rings. The highest BCUT2D eigenvalue weighted by atomic mass is 35.5. The Morgan fingerprint density at radius 2 is 1.50 bits per heavy atom. The molecule has 1 atom stereocenters. The summed E-state index contributed by atoms with van der Waals surface area (Å²) < 4.78 is 5.95. The highest BCUT2D eigenvalue weighted by Gasteiger charge is 2.14. The van der Waals surface area contributed by atoms with E-state index in [1.165, 1.54) is 0 Å². The molecule has 0 saturated carbocycles. The second kappa shape index (κ2) is 8.59. The fourth-order valence-electron chi connectivity index (χ4n) is 2.51. The second-order valence-corrected chi connectivity index (χ2v) is 6.94. The van der Waals surface area contributed by atoms with Crippen LogP contribution in [0.3, 0.4) is 0 Å². The fourth-order valence-corrected chi connectivity index (χ4v) is 3.65. The molecule has 3 aromatic carbocycles. The molecule has 0 aliphatic carbocycles. The van der Waals surface area contributed by atoms with Crippen molar-refractivity contribution in [2.75, 3.05) is 0 Å². The van der Waals surface area contributed by atoms with Crippen LogP contribution in [-0.4, -0.2) is 6.21 Å². The summed E-state index contributed by atoms with van der Waals surface area (Å²) in [4.78, 5) is 4.60. The quantitative estimate of drug-likeness (QED) is 0.401. The molecule has 2 nitrogen and oxygen atoms in total. The largest absolute Gasteiger partial charge is 0.457 e. The van der Waals surface area contributed by atoms with Gasteiger partial charge in [-0.3, -0.25) is 4.99 Å². The van der Waals surface area contributed by atoms with Gasteiger partial charge in [-0.15, -0.1) is 0 Å². The molecule has 0 aliphatic heterocycles. The molecule has 0 spiro atoms. The molecule has 0 aliphatic rings. The van der Waals surface area contributed by atoms with Crippen molar-refractivity contribution in [3.63, 3.8) is 0 Å². The lowest BCUT2D eigenvalue weighted by molar-refractivity contribution is 0.482. The van der Waals surface area contributed by atoms with Crippen LogP contribution < -0.4 is 4.74 Å². The van der Waals surface area contributed by atoms with Gasteiger partial charge in [0.2, 0.25) is 0 Å². The summed E-state index contributed by atoms with van der Waals surface area (Å²) in [6.07, 6.45) is 1.77. The molecule has 3 rings (SSSR count). The first-order valence-electron chi connectivity index (χ1n) is 8.04. The summed E-state index contributed by atoms with van der Waals surface area (Å²) in [6, 6.07) is 20.4. The third-order valence-corrected chi connectivity index (χ3v) is 4.63. The van der Waals surface area contributed by atoms with Crippen molar-refractivity contribution < 1.29 is 4.74 Å². The van der Waals surface area contributed by atoms with Gasteiger partial charge in [-0.2, -0.15) is 0 Å². The number of benzene rings is 3. The van der Waals surface area contributed by atoms with Crippen molar-refractivity contribution in [3.8, 4) is 11.5 Å². The molecule has 0 saturated heterocycles. The van der Waals surface area contributed by atoms with Crippen LogP contribution in [0.25, 0.3) is 0 Å². The van der Waals surface area contributed by atoms with Gasteiger partial charge in [0.1, 0.15) is 11.5 Å². The molecule has 0 fully saturated rings. The molecule has 0 radical (unpaired) electrons. The van der Waals surface area contributed by atoms with E-state index < -0.39 is 0 Å². The van der Waals surface area contributed by atoms with Crippen molar-refractivity contribution >= 4 is 41.0 Å². The van der Waals surface area contributed by atoms with Gasteiger partial charge in [-0.1, -0.05) is 65.1 Å². The minimum atomic E-state index is -0.225. The number of nitrogens with zero attached hydrogens (tertiary/aromatic N) is 1. The normalized spacial score (nSPS) is 12.3. The highest BCUT2D eigenvalue weighted by Crippen LogP contribution is 2.35. The Morgan fingerprint density at radius 1 is 0.885 bits per heavy atom. The van der Waals surface area contributed by atoms with Crippen LogP contribution in [0, 0.1) is 0 Å². The molecule has 0 aromatic heterocycles. The zero-order valence-corrected chi connectivity index (χ0v) is 16.3. The van der Waals surface area contributed by atoms with Gasteiger partial charge in [-0.05, 0) is 43.3 Å². The van der Waals surface area contributed by atoms with Crippen LogP contribution in [0.5, 0.6) is 11.5 Å². The number of hydrogen-bond donors (Lipinski definition) is 0. The Labute approximate surface area is 168 Å². The summed E-state index contributed by atoms with van der Waals surface area (Å²) in [6.45, 7) is 1.93. The Balaban J connectivity index is 1.85. The topological polar surface area (TPSA) is 21.6 Å². The lowest BCUT2D eigenvalue weighted by Crippen LogP contribution is -1.96. The molecule has 0 amide bonds. The summed E-state index contributed by atoms with van der Waals surface area (Å²) in [5.41, 5.74) is 1.61. The Kier molecular flexibility index (Phi) is 6.20. The van der Waals surface area contributed by atoms with E-state index in [1.54, 1.807) is 18.3 Å². The van der Waals surface area contributed by atoms with Crippen LogP contribution >= 0.6 is 34.8 Å². The van der Waals surface area contributed by atoms with Gasteiger partial charge in [0.15, 0.2) is 0 Å². The molecule has 132 valence electrons. The number of aliphatic imine (C=N–C) groups is 1. The molecule has 5 heteroatoms. The molecule has 1 unspecified atom stereocenters. The molecular formula is C21H16Cl3NO. The number of para-hydroxylation sites is 2. The van der Waals surface area contributed by atoms with Crippen molar-refractivity contribution in [1.82, 2.24) is 0 Å². The maximum atomic E-state index is 6.28. The van der Waals surface area contributed by atoms with Gasteiger partial charge < -0.3 is 4.74 Å². The average molecular weight is 405 g/mol. The minimum absolute atomic E-state index is 0.225. The van der Waals surface area contributed by atoms with Crippen LogP contribution in [0.1, 0.15) is 24.1 Å². The van der Waals surface area contributed by atoms with Crippen LogP contribution in [0.15, 0.2) is 71.7 Å². The van der Waals surface area contributed by atoms with E-state index in [2.05, 4.69) is 4.99 Å². The van der Waals surface area contributed by atoms with Gasteiger partial charge in [0.05, 0.1) is 6.04 Å². The zero-order valence-electron chi connectivity index (χ0n) is 14.0. The number of hydrogen-bond acceptors (Lipinski definition) is 2. The predicted octanol–water partition coefficient (Wildman–Crippen LogP) is 7.62. The van der Waals surface area contributed by atoms with E-state index in [4.69, 9.17) is 39.5 Å². The Bertz CT molecular complexity index is 903. The van der Waals surface area contributed by atoms with Gasteiger partial charge in [-0.25, -0.2) is 0 Å². The molecule has 0 heterocycles. The van der Waals surface area contributed by atoms with Gasteiger partial charge in [0, 0.05) is 32.4 Å². The first-order valence-corrected chi connectivity index (χ1v) is 9.17. The third kappa shape index (κ3) is 4.59. The standard InChI is InChI=1S/C21H16Cl3NO/c1-14(21-18(23)11-16(22)12-19(21)24)25-13-15-7-5-6-10-20(15)26-17-8-3-2-4-9-17/h2-14H,1H3/b25-13+. The molecular weight excluding hydrogens is 389 g/mol. The lowest BCUT2D eigenvalue weighted by Gasteiger charge is -2.13. The van der Waals surface area contributed by atoms with Crippen LogP contribution in [0.4, 0.5) is 0 Å².